The largest absolute Gasteiger partial charge is 0.450 e. The average molecular weight is 494 g/mol. The highest BCUT2D eigenvalue weighted by Gasteiger charge is 2.64. The number of carbonyl (C=O) groups excluding carboxylic acids is 1. The molecule has 0 aliphatic heterocycles. The molecule has 6 nitrogen and oxygen atoms in total. The number of hydrogen-bond donors (Lipinski definition) is 4. The van der Waals surface area contributed by atoms with Crippen LogP contribution in [-0.2, 0) is 4.74 Å². The van der Waals surface area contributed by atoms with E-state index in [0.29, 0.717) is 48.0 Å². The average Bonchev–Trinajstić information content (AvgIpc) is 3.17. The van der Waals surface area contributed by atoms with Crippen molar-refractivity contribution in [3.8, 4) is 0 Å². The zero-order valence-corrected chi connectivity index (χ0v) is 22.7. The number of alkyl carbamates (subject to hydrolysis) is 1. The third kappa shape index (κ3) is 4.77. The molecular formula is C29H51NO5. The molecule has 0 saturated heterocycles. The summed E-state index contributed by atoms with van der Waals surface area (Å²) in [5.41, 5.74) is 0.465. The van der Waals surface area contributed by atoms with Gasteiger partial charge in [-0.05, 0) is 111 Å². The van der Waals surface area contributed by atoms with Gasteiger partial charge in [0.2, 0.25) is 0 Å². The SMILES string of the molecule is CC[C@H]1[C@@H](O)[C@H]2[C@@H]3CC[C@H]([C@H](C)CCOC(=O)NC(C)CO)C3(C)CC[C@@H]2C2(C)CC[C@@H](O)C[C@@H]12. The van der Waals surface area contributed by atoms with Crippen molar-refractivity contribution in [1.29, 1.82) is 0 Å². The minimum absolute atomic E-state index is 0.0966. The second-order valence-electron chi connectivity index (χ2n) is 13.3. The summed E-state index contributed by atoms with van der Waals surface area (Å²) >= 11 is 0. The van der Waals surface area contributed by atoms with Gasteiger partial charge in [-0.15, -0.1) is 0 Å². The van der Waals surface area contributed by atoms with Gasteiger partial charge in [-0.2, -0.15) is 0 Å². The van der Waals surface area contributed by atoms with Crippen molar-refractivity contribution >= 4 is 6.09 Å². The molecule has 0 radical (unpaired) electrons. The van der Waals surface area contributed by atoms with Gasteiger partial charge < -0.3 is 25.4 Å². The summed E-state index contributed by atoms with van der Waals surface area (Å²) in [5, 5.41) is 34.0. The minimum Gasteiger partial charge on any atom is -0.450 e. The summed E-state index contributed by atoms with van der Waals surface area (Å²) < 4.78 is 5.40. The van der Waals surface area contributed by atoms with Crippen LogP contribution in [0.4, 0.5) is 4.79 Å². The predicted molar refractivity (Wildman–Crippen MR) is 137 cm³/mol. The molecule has 4 N–H and O–H groups in total. The number of carbonyl (C=O) groups is 1. The Balaban J connectivity index is 1.45. The van der Waals surface area contributed by atoms with Gasteiger partial charge in [0.05, 0.1) is 31.5 Å². The van der Waals surface area contributed by atoms with Crippen LogP contribution in [0, 0.1) is 52.3 Å². The van der Waals surface area contributed by atoms with Crippen LogP contribution in [0.3, 0.4) is 0 Å². The maximum Gasteiger partial charge on any atom is 0.407 e. The standard InChI is InChI=1S/C29H51NO5/c1-6-20-24-15-19(32)9-12-29(24,5)23-10-13-28(4)21(7-8-22(28)25(23)26(20)33)17(2)11-14-35-27(34)30-18(3)16-31/h17-26,31-33H,6-16H2,1-5H3,(H,30,34)/t17-,18?,19-,20-,21-,22+,23+,24+,25+,26-,28?,29?/m1/s1. The van der Waals surface area contributed by atoms with Gasteiger partial charge >= 0.3 is 6.09 Å². The van der Waals surface area contributed by atoms with E-state index in [1.54, 1.807) is 6.92 Å². The first kappa shape index (κ1) is 27.2. The molecule has 4 rings (SSSR count). The van der Waals surface area contributed by atoms with Crippen LogP contribution in [0.15, 0.2) is 0 Å². The molecule has 4 aliphatic carbocycles. The van der Waals surface area contributed by atoms with Crippen molar-refractivity contribution in [3.63, 3.8) is 0 Å². The molecule has 4 aliphatic rings. The topological polar surface area (TPSA) is 99.0 Å². The molecule has 4 fully saturated rings. The lowest BCUT2D eigenvalue weighted by Gasteiger charge is -2.64. The van der Waals surface area contributed by atoms with E-state index >= 15 is 0 Å². The summed E-state index contributed by atoms with van der Waals surface area (Å²) in [6, 6.07) is -0.299. The molecule has 0 aromatic heterocycles. The first-order chi connectivity index (χ1) is 16.6. The van der Waals surface area contributed by atoms with E-state index in [1.165, 1.54) is 25.7 Å². The lowest BCUT2D eigenvalue weighted by molar-refractivity contribution is -0.203. The Morgan fingerprint density at radius 1 is 1.03 bits per heavy atom. The minimum atomic E-state index is -0.453. The normalized spacial score (nSPS) is 46.6. The van der Waals surface area contributed by atoms with Gasteiger partial charge in [0, 0.05) is 0 Å². The van der Waals surface area contributed by atoms with Gasteiger partial charge in [0.25, 0.3) is 0 Å². The Bertz CT molecular complexity index is 747. The zero-order valence-electron chi connectivity index (χ0n) is 22.7. The summed E-state index contributed by atoms with van der Waals surface area (Å²) in [7, 11) is 0. The van der Waals surface area contributed by atoms with Crippen LogP contribution in [0.25, 0.3) is 0 Å². The van der Waals surface area contributed by atoms with Crippen molar-refractivity contribution < 1.29 is 24.9 Å². The number of aliphatic hydroxyl groups is 3. The number of rotatable bonds is 7. The van der Waals surface area contributed by atoms with Gasteiger partial charge in [0.1, 0.15) is 0 Å². The monoisotopic (exact) mass is 493 g/mol. The Morgan fingerprint density at radius 2 is 1.71 bits per heavy atom. The van der Waals surface area contributed by atoms with E-state index in [-0.39, 0.29) is 35.7 Å². The van der Waals surface area contributed by atoms with Gasteiger partial charge in [0.15, 0.2) is 0 Å². The molecule has 3 unspecified atom stereocenters. The molecule has 0 bridgehead atoms. The van der Waals surface area contributed by atoms with E-state index in [1.807, 2.05) is 0 Å². The fourth-order valence-corrected chi connectivity index (χ4v) is 9.76. The first-order valence-electron chi connectivity index (χ1n) is 14.5. The van der Waals surface area contributed by atoms with Crippen LogP contribution < -0.4 is 5.32 Å². The lowest BCUT2D eigenvalue weighted by Crippen LogP contribution is -2.62. The summed E-state index contributed by atoms with van der Waals surface area (Å²) in [4.78, 5) is 11.9. The van der Waals surface area contributed by atoms with Crippen LogP contribution in [0.2, 0.25) is 0 Å². The van der Waals surface area contributed by atoms with E-state index in [2.05, 4.69) is 33.0 Å². The molecule has 0 aromatic carbocycles. The molecular weight excluding hydrogens is 442 g/mol. The summed E-state index contributed by atoms with van der Waals surface area (Å²) in [6.45, 7) is 11.6. The van der Waals surface area contributed by atoms with Gasteiger partial charge in [-0.3, -0.25) is 0 Å². The second kappa shape index (κ2) is 10.5. The van der Waals surface area contributed by atoms with Crippen molar-refractivity contribution in [3.05, 3.63) is 0 Å². The molecule has 0 aromatic rings. The summed E-state index contributed by atoms with van der Waals surface area (Å²) in [6.07, 6.45) is 8.60. The number of fused-ring (bicyclic) bond motifs is 5. The number of hydrogen-bond acceptors (Lipinski definition) is 5. The highest BCUT2D eigenvalue weighted by molar-refractivity contribution is 5.67. The van der Waals surface area contributed by atoms with Crippen molar-refractivity contribution in [2.75, 3.05) is 13.2 Å². The number of ether oxygens (including phenoxy) is 1. The second-order valence-corrected chi connectivity index (χ2v) is 13.3. The number of nitrogens with one attached hydrogen (secondary N) is 1. The van der Waals surface area contributed by atoms with Gasteiger partial charge in [-0.25, -0.2) is 4.79 Å². The van der Waals surface area contributed by atoms with Crippen LogP contribution >= 0.6 is 0 Å². The molecule has 1 amide bonds. The van der Waals surface area contributed by atoms with Crippen molar-refractivity contribution in [2.45, 2.75) is 111 Å². The molecule has 6 heteroatoms. The highest BCUT2D eigenvalue weighted by atomic mass is 16.5. The third-order valence-electron chi connectivity index (χ3n) is 11.6. The molecule has 0 spiro atoms. The predicted octanol–water partition coefficient (Wildman–Crippen LogP) is 4.75. The molecule has 202 valence electrons. The molecule has 12 atom stereocenters. The first-order valence-corrected chi connectivity index (χ1v) is 14.5. The van der Waals surface area contributed by atoms with Crippen LogP contribution in [0.5, 0.6) is 0 Å². The number of aliphatic hydroxyl groups excluding tert-OH is 3. The van der Waals surface area contributed by atoms with Crippen LogP contribution in [-0.4, -0.2) is 52.9 Å². The lowest BCUT2D eigenvalue weighted by atomic mass is 9.41. The summed E-state index contributed by atoms with van der Waals surface area (Å²) in [5.74, 6) is 3.26. The molecule has 0 heterocycles. The molecule has 35 heavy (non-hydrogen) atoms. The quantitative estimate of drug-likeness (QED) is 0.410. The smallest absolute Gasteiger partial charge is 0.407 e. The molecule has 4 saturated carbocycles. The van der Waals surface area contributed by atoms with Crippen molar-refractivity contribution in [2.24, 2.45) is 52.3 Å². The fraction of sp³-hybridized carbons (Fsp3) is 0.966. The highest BCUT2D eigenvalue weighted by Crippen LogP contribution is 2.69. The van der Waals surface area contributed by atoms with Crippen molar-refractivity contribution in [1.82, 2.24) is 5.32 Å². The van der Waals surface area contributed by atoms with Gasteiger partial charge in [-0.1, -0.05) is 34.1 Å². The fourth-order valence-electron chi connectivity index (χ4n) is 9.76. The van der Waals surface area contributed by atoms with E-state index in [4.69, 9.17) is 9.84 Å². The van der Waals surface area contributed by atoms with E-state index < -0.39 is 6.09 Å². The number of amides is 1. The van der Waals surface area contributed by atoms with E-state index in [9.17, 15) is 15.0 Å². The maximum atomic E-state index is 11.9. The Morgan fingerprint density at radius 3 is 2.40 bits per heavy atom. The third-order valence-corrected chi connectivity index (χ3v) is 11.6. The maximum absolute atomic E-state index is 11.9. The van der Waals surface area contributed by atoms with Crippen LogP contribution in [0.1, 0.15) is 92.4 Å². The Hall–Kier alpha value is -0.850. The zero-order chi connectivity index (χ0) is 25.5. The van der Waals surface area contributed by atoms with E-state index in [0.717, 1.165) is 32.1 Å². The Kier molecular flexibility index (Phi) is 8.15. The Labute approximate surface area is 212 Å².